The van der Waals surface area contributed by atoms with Crippen LogP contribution < -0.4 is 16.8 Å². The third-order valence-corrected chi connectivity index (χ3v) is 3.27. The van der Waals surface area contributed by atoms with Gasteiger partial charge in [-0.1, -0.05) is 0 Å². The van der Waals surface area contributed by atoms with E-state index in [0.29, 0.717) is 25.9 Å². The van der Waals surface area contributed by atoms with Crippen molar-refractivity contribution >= 4 is 11.8 Å². The number of rotatable bonds is 9. The molecule has 2 saturated heterocycles. The first-order valence-electron chi connectivity index (χ1n) is 7.85. The standard InChI is InChI=1S/C10H16N2O2.C4H13N3/c13-9(11-5-6-11)3-1-2-4-10(14)12-7-8-12;5-1-3-7-4-2-6/h1-8H2;7H,1-6H2. The highest BCUT2D eigenvalue weighted by molar-refractivity contribution is 5.79. The zero-order valence-electron chi connectivity index (χ0n) is 12.9. The Hall–Kier alpha value is -1.18. The Morgan fingerprint density at radius 1 is 0.810 bits per heavy atom. The third-order valence-electron chi connectivity index (χ3n) is 3.27. The normalized spacial score (nSPS) is 15.3. The van der Waals surface area contributed by atoms with Gasteiger partial charge in [-0.05, 0) is 12.8 Å². The van der Waals surface area contributed by atoms with Crippen LogP contribution in [0.2, 0.25) is 0 Å². The lowest BCUT2D eigenvalue weighted by molar-refractivity contribution is -0.127. The van der Waals surface area contributed by atoms with Gasteiger partial charge in [0.15, 0.2) is 0 Å². The van der Waals surface area contributed by atoms with Crippen LogP contribution in [0.3, 0.4) is 0 Å². The molecule has 0 saturated carbocycles. The Balaban J connectivity index is 0.000000270. The molecule has 0 aromatic carbocycles. The topological polar surface area (TPSA) is 104 Å². The van der Waals surface area contributed by atoms with Crippen LogP contribution in [0.25, 0.3) is 0 Å². The second kappa shape index (κ2) is 10.5. The van der Waals surface area contributed by atoms with E-state index in [0.717, 1.165) is 52.1 Å². The summed E-state index contributed by atoms with van der Waals surface area (Å²) in [6.45, 7) is 6.88. The van der Waals surface area contributed by atoms with Crippen molar-refractivity contribution in [1.82, 2.24) is 15.1 Å². The summed E-state index contributed by atoms with van der Waals surface area (Å²) in [5, 5.41) is 3.03. The largest absolute Gasteiger partial charge is 0.339 e. The van der Waals surface area contributed by atoms with Gasteiger partial charge < -0.3 is 26.6 Å². The molecule has 2 amide bonds. The molecule has 2 fully saturated rings. The van der Waals surface area contributed by atoms with Crippen molar-refractivity contribution in [2.24, 2.45) is 11.5 Å². The summed E-state index contributed by atoms with van der Waals surface area (Å²) in [7, 11) is 0. The van der Waals surface area contributed by atoms with Gasteiger partial charge >= 0.3 is 0 Å². The van der Waals surface area contributed by atoms with Crippen molar-refractivity contribution in [1.29, 1.82) is 0 Å². The lowest BCUT2D eigenvalue weighted by Gasteiger charge is -2.02. The van der Waals surface area contributed by atoms with Crippen molar-refractivity contribution in [3.8, 4) is 0 Å². The second-order valence-electron chi connectivity index (χ2n) is 5.30. The summed E-state index contributed by atoms with van der Waals surface area (Å²) in [6, 6.07) is 0. The van der Waals surface area contributed by atoms with Gasteiger partial charge in [0, 0.05) is 65.2 Å². The van der Waals surface area contributed by atoms with Gasteiger partial charge in [0.05, 0.1) is 0 Å². The number of amides is 2. The van der Waals surface area contributed by atoms with Crippen LogP contribution in [-0.2, 0) is 9.59 Å². The molecule has 0 atom stereocenters. The lowest BCUT2D eigenvalue weighted by atomic mass is 10.2. The number of nitrogens with one attached hydrogen (secondary N) is 1. The monoisotopic (exact) mass is 299 g/mol. The van der Waals surface area contributed by atoms with E-state index in [2.05, 4.69) is 5.32 Å². The molecule has 5 N–H and O–H groups in total. The molecule has 0 aromatic heterocycles. The molecule has 7 heteroatoms. The Bertz CT molecular complexity index is 286. The first-order valence-corrected chi connectivity index (χ1v) is 7.85. The highest BCUT2D eigenvalue weighted by Crippen LogP contribution is 2.12. The van der Waals surface area contributed by atoms with E-state index < -0.39 is 0 Å². The van der Waals surface area contributed by atoms with Crippen LogP contribution in [0.1, 0.15) is 25.7 Å². The minimum absolute atomic E-state index is 0.254. The molecule has 2 aliphatic rings. The van der Waals surface area contributed by atoms with Crippen LogP contribution >= 0.6 is 0 Å². The fourth-order valence-corrected chi connectivity index (χ4v) is 1.80. The predicted octanol–water partition coefficient (Wildman–Crippen LogP) is -1.28. The number of carbonyl (C=O) groups is 2. The van der Waals surface area contributed by atoms with Gasteiger partial charge in [-0.3, -0.25) is 9.59 Å². The van der Waals surface area contributed by atoms with E-state index in [9.17, 15) is 9.59 Å². The molecule has 2 aliphatic heterocycles. The average molecular weight is 299 g/mol. The Morgan fingerprint density at radius 2 is 1.19 bits per heavy atom. The zero-order chi connectivity index (χ0) is 15.5. The van der Waals surface area contributed by atoms with Gasteiger partial charge in [-0.15, -0.1) is 0 Å². The van der Waals surface area contributed by atoms with Gasteiger partial charge in [0.2, 0.25) is 11.8 Å². The number of nitrogens with two attached hydrogens (primary N) is 2. The first kappa shape index (κ1) is 17.9. The molecular weight excluding hydrogens is 270 g/mol. The van der Waals surface area contributed by atoms with Gasteiger partial charge in [-0.2, -0.15) is 0 Å². The highest BCUT2D eigenvalue weighted by atomic mass is 16.2. The molecule has 0 aromatic rings. The van der Waals surface area contributed by atoms with Crippen LogP contribution in [0, 0.1) is 0 Å². The predicted molar refractivity (Wildman–Crippen MR) is 82.6 cm³/mol. The molecule has 21 heavy (non-hydrogen) atoms. The molecule has 7 nitrogen and oxygen atoms in total. The maximum absolute atomic E-state index is 11.2. The smallest absolute Gasteiger partial charge is 0.222 e. The van der Waals surface area contributed by atoms with E-state index in [4.69, 9.17) is 11.5 Å². The van der Waals surface area contributed by atoms with Crippen molar-refractivity contribution in [3.05, 3.63) is 0 Å². The minimum Gasteiger partial charge on any atom is -0.339 e. The van der Waals surface area contributed by atoms with Crippen LogP contribution in [-0.4, -0.2) is 74.0 Å². The highest BCUT2D eigenvalue weighted by Gasteiger charge is 2.24. The maximum Gasteiger partial charge on any atom is 0.222 e. The quantitative estimate of drug-likeness (QED) is 0.363. The minimum atomic E-state index is 0.254. The van der Waals surface area contributed by atoms with E-state index >= 15 is 0 Å². The van der Waals surface area contributed by atoms with Gasteiger partial charge in [0.25, 0.3) is 0 Å². The zero-order valence-corrected chi connectivity index (χ0v) is 12.9. The summed E-state index contributed by atoms with van der Waals surface area (Å²) in [4.78, 5) is 26.1. The molecule has 122 valence electrons. The molecule has 0 spiro atoms. The molecule has 2 rings (SSSR count). The number of unbranched alkanes of at least 4 members (excludes halogenated alkanes) is 1. The molecular formula is C14H29N5O2. The molecule has 0 aliphatic carbocycles. The summed E-state index contributed by atoms with van der Waals surface area (Å²) >= 11 is 0. The molecule has 0 radical (unpaired) electrons. The van der Waals surface area contributed by atoms with Crippen LogP contribution in [0.15, 0.2) is 0 Å². The van der Waals surface area contributed by atoms with Crippen molar-refractivity contribution in [3.63, 3.8) is 0 Å². The SMILES string of the molecule is NCCNCCN.O=C(CCCCC(=O)N1CC1)N1CC1. The molecule has 2 heterocycles. The summed E-state index contributed by atoms with van der Waals surface area (Å²) in [5.74, 6) is 0.508. The van der Waals surface area contributed by atoms with E-state index in [1.165, 1.54) is 0 Å². The fourth-order valence-electron chi connectivity index (χ4n) is 1.80. The summed E-state index contributed by atoms with van der Waals surface area (Å²) in [6.07, 6.45) is 2.95. The summed E-state index contributed by atoms with van der Waals surface area (Å²) in [5.41, 5.74) is 10.3. The molecule has 0 unspecified atom stereocenters. The lowest BCUT2D eigenvalue weighted by Crippen LogP contribution is -2.27. The van der Waals surface area contributed by atoms with Crippen molar-refractivity contribution < 1.29 is 9.59 Å². The number of hydrogen-bond donors (Lipinski definition) is 3. The Kier molecular flexibility index (Phi) is 8.96. The van der Waals surface area contributed by atoms with E-state index in [1.54, 1.807) is 0 Å². The number of carbonyl (C=O) groups excluding carboxylic acids is 2. The summed E-state index contributed by atoms with van der Waals surface area (Å²) < 4.78 is 0. The molecule has 0 bridgehead atoms. The third kappa shape index (κ3) is 9.38. The van der Waals surface area contributed by atoms with E-state index in [-0.39, 0.29) is 11.8 Å². The van der Waals surface area contributed by atoms with Gasteiger partial charge in [0.1, 0.15) is 0 Å². The Morgan fingerprint density at radius 3 is 1.48 bits per heavy atom. The second-order valence-corrected chi connectivity index (χ2v) is 5.30. The van der Waals surface area contributed by atoms with Crippen molar-refractivity contribution in [2.45, 2.75) is 25.7 Å². The number of hydrogen-bond acceptors (Lipinski definition) is 5. The average Bonchev–Trinajstić information content (AvgIpc) is 3.35. The number of nitrogens with zero attached hydrogens (tertiary/aromatic N) is 2. The Labute approximate surface area is 127 Å². The fraction of sp³-hybridized carbons (Fsp3) is 0.857. The van der Waals surface area contributed by atoms with Crippen molar-refractivity contribution in [2.75, 3.05) is 52.4 Å². The maximum atomic E-state index is 11.2. The van der Waals surface area contributed by atoms with Gasteiger partial charge in [-0.25, -0.2) is 0 Å². The van der Waals surface area contributed by atoms with Crippen LogP contribution in [0.4, 0.5) is 0 Å². The first-order chi connectivity index (χ1) is 10.2. The van der Waals surface area contributed by atoms with Crippen LogP contribution in [0.5, 0.6) is 0 Å². The van der Waals surface area contributed by atoms with E-state index in [1.807, 2.05) is 9.80 Å².